The Hall–Kier alpha value is -3.02. The van der Waals surface area contributed by atoms with Gasteiger partial charge in [-0.1, -0.05) is 19.4 Å². The standard InChI is InChI=1S/C22H27NO5/c1-5-6-13-27-22(25)17-8-10-18(11-9-17)28-16(3)21(24)23-19-14-15(2)7-12-20(19)26-4/h7-12,14,16H,5-6,13H2,1-4H3,(H,23,24)/t16-/m1/s1. The summed E-state index contributed by atoms with van der Waals surface area (Å²) in [6, 6.07) is 12.1. The van der Waals surface area contributed by atoms with Crippen LogP contribution in [0.3, 0.4) is 0 Å². The molecule has 0 aliphatic rings. The molecule has 2 aromatic rings. The van der Waals surface area contributed by atoms with Crippen molar-refractivity contribution in [2.45, 2.75) is 39.7 Å². The number of unbranched alkanes of at least 4 members (excludes halogenated alkanes) is 1. The highest BCUT2D eigenvalue weighted by Gasteiger charge is 2.17. The van der Waals surface area contributed by atoms with Gasteiger partial charge < -0.3 is 19.5 Å². The van der Waals surface area contributed by atoms with Crippen molar-refractivity contribution in [3.05, 3.63) is 53.6 Å². The fourth-order valence-corrected chi connectivity index (χ4v) is 2.47. The van der Waals surface area contributed by atoms with Crippen molar-refractivity contribution < 1.29 is 23.8 Å². The van der Waals surface area contributed by atoms with Crippen molar-refractivity contribution in [3.63, 3.8) is 0 Å². The predicted octanol–water partition coefficient (Wildman–Crippen LogP) is 4.37. The molecule has 0 aliphatic carbocycles. The fourth-order valence-electron chi connectivity index (χ4n) is 2.47. The normalized spacial score (nSPS) is 11.4. The number of amides is 1. The quantitative estimate of drug-likeness (QED) is 0.513. The van der Waals surface area contributed by atoms with Gasteiger partial charge in [0.1, 0.15) is 11.5 Å². The average molecular weight is 385 g/mol. The number of hydrogen-bond donors (Lipinski definition) is 1. The lowest BCUT2D eigenvalue weighted by Gasteiger charge is -2.16. The van der Waals surface area contributed by atoms with E-state index < -0.39 is 6.10 Å². The Bertz CT molecular complexity index is 801. The Morgan fingerprint density at radius 3 is 2.46 bits per heavy atom. The average Bonchev–Trinajstić information content (AvgIpc) is 2.68. The number of esters is 1. The number of benzene rings is 2. The van der Waals surface area contributed by atoms with Crippen LogP contribution >= 0.6 is 0 Å². The van der Waals surface area contributed by atoms with Gasteiger partial charge in [-0.05, 0) is 62.2 Å². The van der Waals surface area contributed by atoms with Crippen LogP contribution in [0.2, 0.25) is 0 Å². The number of carbonyl (C=O) groups is 2. The second-order valence-corrected chi connectivity index (χ2v) is 6.47. The van der Waals surface area contributed by atoms with E-state index in [0.29, 0.717) is 29.4 Å². The lowest BCUT2D eigenvalue weighted by molar-refractivity contribution is -0.122. The molecule has 0 saturated carbocycles. The van der Waals surface area contributed by atoms with Gasteiger partial charge in [0, 0.05) is 0 Å². The summed E-state index contributed by atoms with van der Waals surface area (Å²) in [6.07, 6.45) is 1.08. The van der Waals surface area contributed by atoms with Gasteiger partial charge in [-0.3, -0.25) is 4.79 Å². The number of methoxy groups -OCH3 is 1. The maximum Gasteiger partial charge on any atom is 0.338 e. The molecule has 0 fully saturated rings. The van der Waals surface area contributed by atoms with Gasteiger partial charge in [0.05, 0.1) is 25.0 Å². The van der Waals surface area contributed by atoms with E-state index in [1.165, 1.54) is 0 Å². The number of rotatable bonds is 9. The number of ether oxygens (including phenoxy) is 3. The van der Waals surface area contributed by atoms with Crippen LogP contribution in [0.15, 0.2) is 42.5 Å². The van der Waals surface area contributed by atoms with Crippen LogP contribution in [-0.2, 0) is 9.53 Å². The lowest BCUT2D eigenvalue weighted by atomic mass is 10.2. The molecule has 28 heavy (non-hydrogen) atoms. The SMILES string of the molecule is CCCCOC(=O)c1ccc(O[C@H](C)C(=O)Nc2cc(C)ccc2OC)cc1. The van der Waals surface area contributed by atoms with Crippen LogP contribution < -0.4 is 14.8 Å². The molecule has 1 amide bonds. The van der Waals surface area contributed by atoms with Crippen molar-refractivity contribution in [3.8, 4) is 11.5 Å². The Morgan fingerprint density at radius 2 is 1.82 bits per heavy atom. The van der Waals surface area contributed by atoms with E-state index >= 15 is 0 Å². The van der Waals surface area contributed by atoms with E-state index in [-0.39, 0.29) is 11.9 Å². The highest BCUT2D eigenvalue weighted by Crippen LogP contribution is 2.25. The Kier molecular flexibility index (Phi) is 7.87. The minimum atomic E-state index is -0.729. The van der Waals surface area contributed by atoms with Crippen LogP contribution in [0.4, 0.5) is 5.69 Å². The molecule has 0 heterocycles. The van der Waals surface area contributed by atoms with E-state index in [1.54, 1.807) is 44.4 Å². The minimum Gasteiger partial charge on any atom is -0.495 e. The van der Waals surface area contributed by atoms with Crippen molar-refractivity contribution in [2.75, 3.05) is 19.0 Å². The molecular weight excluding hydrogens is 358 g/mol. The molecule has 2 rings (SSSR count). The van der Waals surface area contributed by atoms with Crippen LogP contribution in [0, 0.1) is 6.92 Å². The van der Waals surface area contributed by atoms with Gasteiger partial charge >= 0.3 is 5.97 Å². The molecule has 0 unspecified atom stereocenters. The van der Waals surface area contributed by atoms with Crippen LogP contribution in [0.1, 0.15) is 42.6 Å². The van der Waals surface area contributed by atoms with Crippen LogP contribution in [-0.4, -0.2) is 31.7 Å². The zero-order valence-electron chi connectivity index (χ0n) is 16.8. The molecule has 0 spiro atoms. The maximum atomic E-state index is 12.5. The number of carbonyl (C=O) groups excluding carboxylic acids is 2. The molecule has 6 heteroatoms. The smallest absolute Gasteiger partial charge is 0.338 e. The zero-order chi connectivity index (χ0) is 20.5. The van der Waals surface area contributed by atoms with Crippen LogP contribution in [0.5, 0.6) is 11.5 Å². The summed E-state index contributed by atoms with van der Waals surface area (Å²) in [5.41, 5.74) is 2.05. The predicted molar refractivity (Wildman–Crippen MR) is 108 cm³/mol. The van der Waals surface area contributed by atoms with Gasteiger partial charge in [-0.2, -0.15) is 0 Å². The summed E-state index contributed by atoms with van der Waals surface area (Å²) in [7, 11) is 1.55. The maximum absolute atomic E-state index is 12.5. The summed E-state index contributed by atoms with van der Waals surface area (Å²) in [4.78, 5) is 24.4. The number of aryl methyl sites for hydroxylation is 1. The van der Waals surface area contributed by atoms with Gasteiger partial charge in [0.15, 0.2) is 6.10 Å². The van der Waals surface area contributed by atoms with Crippen molar-refractivity contribution in [1.29, 1.82) is 0 Å². The molecule has 150 valence electrons. The van der Waals surface area contributed by atoms with Gasteiger partial charge in [0.25, 0.3) is 5.91 Å². The van der Waals surface area contributed by atoms with Gasteiger partial charge in [-0.15, -0.1) is 0 Å². The Morgan fingerprint density at radius 1 is 1.11 bits per heavy atom. The molecule has 0 bridgehead atoms. The molecule has 6 nitrogen and oxygen atoms in total. The zero-order valence-corrected chi connectivity index (χ0v) is 16.8. The van der Waals surface area contributed by atoms with E-state index in [4.69, 9.17) is 14.2 Å². The van der Waals surface area contributed by atoms with Crippen molar-refractivity contribution in [2.24, 2.45) is 0 Å². The second-order valence-electron chi connectivity index (χ2n) is 6.47. The third-order valence-corrected chi connectivity index (χ3v) is 4.12. The summed E-state index contributed by atoms with van der Waals surface area (Å²) in [5.74, 6) is 0.408. The molecule has 2 aromatic carbocycles. The van der Waals surface area contributed by atoms with Crippen molar-refractivity contribution in [1.82, 2.24) is 0 Å². The first-order valence-corrected chi connectivity index (χ1v) is 9.34. The number of hydrogen-bond acceptors (Lipinski definition) is 5. The van der Waals surface area contributed by atoms with E-state index in [2.05, 4.69) is 5.32 Å². The third-order valence-electron chi connectivity index (χ3n) is 4.12. The summed E-state index contributed by atoms with van der Waals surface area (Å²) < 4.78 is 16.1. The molecule has 0 saturated heterocycles. The first-order chi connectivity index (χ1) is 13.4. The molecule has 0 aliphatic heterocycles. The summed E-state index contributed by atoms with van der Waals surface area (Å²) in [5, 5.41) is 2.82. The summed E-state index contributed by atoms with van der Waals surface area (Å²) >= 11 is 0. The Balaban J connectivity index is 1.95. The Labute approximate surface area is 165 Å². The van der Waals surface area contributed by atoms with E-state index in [0.717, 1.165) is 18.4 Å². The summed E-state index contributed by atoms with van der Waals surface area (Å²) in [6.45, 7) is 6.04. The van der Waals surface area contributed by atoms with Gasteiger partial charge in [-0.25, -0.2) is 4.79 Å². The van der Waals surface area contributed by atoms with Crippen molar-refractivity contribution >= 4 is 17.6 Å². The highest BCUT2D eigenvalue weighted by molar-refractivity contribution is 5.95. The molecule has 0 aromatic heterocycles. The molecule has 1 N–H and O–H groups in total. The van der Waals surface area contributed by atoms with Gasteiger partial charge in [0.2, 0.25) is 0 Å². The molecule has 1 atom stereocenters. The minimum absolute atomic E-state index is 0.299. The number of anilines is 1. The molecular formula is C22H27NO5. The first-order valence-electron chi connectivity index (χ1n) is 9.34. The monoisotopic (exact) mass is 385 g/mol. The number of nitrogens with one attached hydrogen (secondary N) is 1. The topological polar surface area (TPSA) is 73.9 Å². The lowest BCUT2D eigenvalue weighted by Crippen LogP contribution is -2.30. The second kappa shape index (κ2) is 10.3. The highest BCUT2D eigenvalue weighted by atomic mass is 16.5. The fraction of sp³-hybridized carbons (Fsp3) is 0.364. The van der Waals surface area contributed by atoms with E-state index in [9.17, 15) is 9.59 Å². The third kappa shape index (κ3) is 6.01. The first kappa shape index (κ1) is 21.3. The van der Waals surface area contributed by atoms with E-state index in [1.807, 2.05) is 26.0 Å². The largest absolute Gasteiger partial charge is 0.495 e. The molecule has 0 radical (unpaired) electrons. The van der Waals surface area contributed by atoms with Crippen LogP contribution in [0.25, 0.3) is 0 Å².